The molecule has 17 heavy (non-hydrogen) atoms. The number of unbranched alkanes of at least 4 members (excludes halogenated alkanes) is 1. The first-order valence-corrected chi connectivity index (χ1v) is 5.65. The Bertz CT molecular complexity index is 363. The number of aromatic nitrogens is 3. The van der Waals surface area contributed by atoms with Gasteiger partial charge >= 0.3 is 6.01 Å². The molecular formula is C11H19N3O3. The number of ether oxygens (including phenoxy) is 2. The maximum Gasteiger partial charge on any atom is 0.317 e. The molecule has 0 amide bonds. The summed E-state index contributed by atoms with van der Waals surface area (Å²) < 4.78 is 12.4. The zero-order valence-electron chi connectivity index (χ0n) is 10.3. The van der Waals surface area contributed by atoms with Crippen molar-refractivity contribution in [3.8, 4) is 6.01 Å². The van der Waals surface area contributed by atoms with Crippen LogP contribution in [-0.2, 0) is 11.8 Å². The van der Waals surface area contributed by atoms with Crippen LogP contribution in [0.1, 0.15) is 25.6 Å². The fourth-order valence-electron chi connectivity index (χ4n) is 1.30. The van der Waals surface area contributed by atoms with E-state index in [0.717, 1.165) is 12.8 Å². The number of aliphatic hydroxyl groups is 1. The molecule has 0 radical (unpaired) electrons. The first-order valence-electron chi connectivity index (χ1n) is 5.65. The number of rotatable bonds is 8. The molecule has 0 aromatic carbocycles. The Morgan fingerprint density at radius 3 is 2.82 bits per heavy atom. The molecule has 96 valence electrons. The zero-order valence-corrected chi connectivity index (χ0v) is 10.3. The van der Waals surface area contributed by atoms with Crippen LogP contribution in [0, 0.1) is 0 Å². The third-order valence-corrected chi connectivity index (χ3v) is 2.19. The van der Waals surface area contributed by atoms with E-state index in [9.17, 15) is 0 Å². The van der Waals surface area contributed by atoms with Gasteiger partial charge in [-0.3, -0.25) is 4.57 Å². The highest BCUT2D eigenvalue weighted by atomic mass is 16.5. The van der Waals surface area contributed by atoms with Crippen LogP contribution in [0.3, 0.4) is 0 Å². The molecule has 0 bridgehead atoms. The normalized spacial score (nSPS) is 10.3. The van der Waals surface area contributed by atoms with Gasteiger partial charge in [-0.1, -0.05) is 11.7 Å². The van der Waals surface area contributed by atoms with E-state index >= 15 is 0 Å². The second-order valence-corrected chi connectivity index (χ2v) is 3.50. The minimum Gasteiger partial charge on any atom is -0.491 e. The number of nitrogens with zero attached hydrogens (tertiary/aromatic N) is 3. The van der Waals surface area contributed by atoms with Crippen molar-refractivity contribution in [2.24, 2.45) is 7.05 Å². The Labute approximate surface area is 101 Å². The molecular weight excluding hydrogens is 222 g/mol. The van der Waals surface area contributed by atoms with Crippen LogP contribution in [0.5, 0.6) is 6.01 Å². The molecule has 0 saturated carbocycles. The van der Waals surface area contributed by atoms with Crippen molar-refractivity contribution in [1.82, 2.24) is 14.8 Å². The lowest BCUT2D eigenvalue weighted by molar-refractivity contribution is 0.239. The van der Waals surface area contributed by atoms with Gasteiger partial charge in [-0.15, -0.1) is 5.10 Å². The summed E-state index contributed by atoms with van der Waals surface area (Å²) in [4.78, 5) is 0. The Hall–Kier alpha value is -1.56. The third-order valence-electron chi connectivity index (χ3n) is 2.19. The van der Waals surface area contributed by atoms with Gasteiger partial charge < -0.3 is 14.6 Å². The minimum absolute atomic E-state index is 0.175. The van der Waals surface area contributed by atoms with E-state index in [1.54, 1.807) is 11.6 Å². The predicted octanol–water partition coefficient (Wildman–Crippen LogP) is 0.974. The molecule has 0 aliphatic rings. The monoisotopic (exact) mass is 241 g/mol. The van der Waals surface area contributed by atoms with Crippen molar-refractivity contribution in [3.63, 3.8) is 0 Å². The minimum atomic E-state index is 0.175. The Balaban J connectivity index is 2.54. The smallest absolute Gasteiger partial charge is 0.317 e. The fourth-order valence-corrected chi connectivity index (χ4v) is 1.30. The van der Waals surface area contributed by atoms with Crippen LogP contribution in [0.25, 0.3) is 5.76 Å². The zero-order chi connectivity index (χ0) is 12.7. The van der Waals surface area contributed by atoms with Crippen LogP contribution < -0.4 is 4.74 Å². The van der Waals surface area contributed by atoms with Gasteiger partial charge in [0.2, 0.25) is 5.82 Å². The van der Waals surface area contributed by atoms with Crippen LogP contribution in [0.4, 0.5) is 0 Å². The van der Waals surface area contributed by atoms with E-state index in [0.29, 0.717) is 30.8 Å². The molecule has 0 saturated heterocycles. The van der Waals surface area contributed by atoms with Crippen molar-refractivity contribution in [2.75, 3.05) is 19.8 Å². The average molecular weight is 241 g/mol. The second-order valence-electron chi connectivity index (χ2n) is 3.50. The molecule has 1 heterocycles. The van der Waals surface area contributed by atoms with Crippen LogP contribution in [0.15, 0.2) is 6.58 Å². The summed E-state index contributed by atoms with van der Waals surface area (Å²) in [5.41, 5.74) is 0. The molecule has 0 aliphatic heterocycles. The topological polar surface area (TPSA) is 69.4 Å². The summed E-state index contributed by atoms with van der Waals surface area (Å²) in [5, 5.41) is 16.5. The van der Waals surface area contributed by atoms with Crippen molar-refractivity contribution in [3.05, 3.63) is 12.4 Å². The van der Waals surface area contributed by atoms with E-state index in [2.05, 4.69) is 16.8 Å². The highest BCUT2D eigenvalue weighted by Gasteiger charge is 2.12. The van der Waals surface area contributed by atoms with Crippen molar-refractivity contribution in [2.45, 2.75) is 19.8 Å². The molecule has 0 atom stereocenters. The average Bonchev–Trinajstić information content (AvgIpc) is 2.67. The number of aliphatic hydroxyl groups excluding tert-OH is 1. The summed E-state index contributed by atoms with van der Waals surface area (Å²) in [5.74, 6) is 1.04. The summed E-state index contributed by atoms with van der Waals surface area (Å²) in [6.07, 6.45) is 1.50. The molecule has 1 aromatic rings. The van der Waals surface area contributed by atoms with E-state index in [-0.39, 0.29) is 6.61 Å². The lowest BCUT2D eigenvalue weighted by Gasteiger charge is -2.07. The summed E-state index contributed by atoms with van der Waals surface area (Å²) in [6, 6.07) is 0.429. The lowest BCUT2D eigenvalue weighted by atomic mass is 10.3. The van der Waals surface area contributed by atoms with Crippen molar-refractivity contribution in [1.29, 1.82) is 0 Å². The fraction of sp³-hybridized carbons (Fsp3) is 0.636. The number of hydrogen-bond donors (Lipinski definition) is 1. The van der Waals surface area contributed by atoms with Crippen LogP contribution in [-0.4, -0.2) is 39.7 Å². The van der Waals surface area contributed by atoms with E-state index in [1.807, 2.05) is 6.92 Å². The van der Waals surface area contributed by atoms with E-state index < -0.39 is 0 Å². The molecule has 1 rings (SSSR count). The molecule has 0 unspecified atom stereocenters. The van der Waals surface area contributed by atoms with Crippen LogP contribution >= 0.6 is 0 Å². The Morgan fingerprint density at radius 2 is 2.18 bits per heavy atom. The largest absolute Gasteiger partial charge is 0.491 e. The summed E-state index contributed by atoms with van der Waals surface area (Å²) in [6.45, 7) is 6.87. The molecule has 1 aromatic heterocycles. The SMILES string of the molecule is C=C(OCC)c1nnc(OCCCCO)n1C. The molecule has 6 nitrogen and oxygen atoms in total. The van der Waals surface area contributed by atoms with Gasteiger partial charge in [0.1, 0.15) is 0 Å². The molecule has 6 heteroatoms. The molecule has 0 fully saturated rings. The van der Waals surface area contributed by atoms with Crippen LogP contribution in [0.2, 0.25) is 0 Å². The molecule has 0 aliphatic carbocycles. The summed E-state index contributed by atoms with van der Waals surface area (Å²) >= 11 is 0. The van der Waals surface area contributed by atoms with Gasteiger partial charge in [-0.05, 0) is 19.8 Å². The van der Waals surface area contributed by atoms with Gasteiger partial charge in [0, 0.05) is 13.7 Å². The first-order chi connectivity index (χ1) is 8.20. The predicted molar refractivity (Wildman–Crippen MR) is 63.5 cm³/mol. The van der Waals surface area contributed by atoms with Crippen molar-refractivity contribution >= 4 is 5.76 Å². The second kappa shape index (κ2) is 6.90. The van der Waals surface area contributed by atoms with E-state index in [4.69, 9.17) is 14.6 Å². The lowest BCUT2D eigenvalue weighted by Crippen LogP contribution is -2.05. The van der Waals surface area contributed by atoms with Crippen molar-refractivity contribution < 1.29 is 14.6 Å². The van der Waals surface area contributed by atoms with Gasteiger partial charge in [0.15, 0.2) is 5.76 Å². The Morgan fingerprint density at radius 1 is 1.41 bits per heavy atom. The maximum atomic E-state index is 8.64. The van der Waals surface area contributed by atoms with Gasteiger partial charge in [0.05, 0.1) is 13.2 Å². The standard InChI is InChI=1S/C11H19N3O3/c1-4-16-9(2)10-12-13-11(14(10)3)17-8-6-5-7-15/h15H,2,4-8H2,1,3H3. The maximum absolute atomic E-state index is 8.64. The first kappa shape index (κ1) is 13.5. The number of hydrogen-bond acceptors (Lipinski definition) is 5. The third kappa shape index (κ3) is 3.74. The highest BCUT2D eigenvalue weighted by molar-refractivity contribution is 5.50. The Kier molecular flexibility index (Phi) is 5.48. The molecule has 1 N–H and O–H groups in total. The van der Waals surface area contributed by atoms with Gasteiger partial charge in [-0.25, -0.2) is 0 Å². The van der Waals surface area contributed by atoms with Gasteiger partial charge in [-0.2, -0.15) is 0 Å². The highest BCUT2D eigenvalue weighted by Crippen LogP contribution is 2.15. The van der Waals surface area contributed by atoms with Gasteiger partial charge in [0.25, 0.3) is 0 Å². The quantitative estimate of drug-likeness (QED) is 0.542. The molecule has 0 spiro atoms. The van der Waals surface area contributed by atoms with E-state index in [1.165, 1.54) is 0 Å². The summed E-state index contributed by atoms with van der Waals surface area (Å²) in [7, 11) is 1.79.